The van der Waals surface area contributed by atoms with E-state index in [0.29, 0.717) is 25.3 Å². The number of carbonyl (C=O) groups is 2. The molecule has 1 aliphatic heterocycles. The molecule has 0 unspecified atom stereocenters. The van der Waals surface area contributed by atoms with Crippen molar-refractivity contribution in [3.05, 3.63) is 0 Å². The molecule has 1 amide bonds. The monoisotopic (exact) mass is 282 g/mol. The van der Waals surface area contributed by atoms with Crippen LogP contribution in [-0.2, 0) is 9.59 Å². The fraction of sp³-hybridized carbons (Fsp3) is 0.867. The van der Waals surface area contributed by atoms with Crippen molar-refractivity contribution >= 4 is 11.9 Å². The van der Waals surface area contributed by atoms with E-state index in [0.717, 1.165) is 32.2 Å². The van der Waals surface area contributed by atoms with Gasteiger partial charge in [-0.3, -0.25) is 9.59 Å². The van der Waals surface area contributed by atoms with Crippen LogP contribution in [0.5, 0.6) is 0 Å². The molecule has 5 heteroatoms. The molecule has 1 saturated heterocycles. The first-order valence-electron chi connectivity index (χ1n) is 7.77. The van der Waals surface area contributed by atoms with Crippen LogP contribution >= 0.6 is 0 Å². The van der Waals surface area contributed by atoms with Gasteiger partial charge in [0.05, 0.1) is 11.3 Å². The Kier molecular flexibility index (Phi) is 5.02. The SMILES string of the molecule is C[C@@H]1CNC[C@H]1C(=O)NCC1(C(=O)O)CCCCCC1. The molecule has 20 heavy (non-hydrogen) atoms. The molecule has 0 bridgehead atoms. The predicted molar refractivity (Wildman–Crippen MR) is 76.3 cm³/mol. The third-order valence-electron chi connectivity index (χ3n) is 4.97. The molecule has 1 aliphatic carbocycles. The summed E-state index contributed by atoms with van der Waals surface area (Å²) in [6.45, 7) is 3.91. The normalized spacial score (nSPS) is 29.6. The van der Waals surface area contributed by atoms with Gasteiger partial charge in [-0.2, -0.15) is 0 Å². The van der Waals surface area contributed by atoms with E-state index in [1.165, 1.54) is 0 Å². The van der Waals surface area contributed by atoms with Gasteiger partial charge in [-0.1, -0.05) is 32.6 Å². The van der Waals surface area contributed by atoms with Crippen molar-refractivity contribution in [3.63, 3.8) is 0 Å². The minimum atomic E-state index is -0.753. The zero-order valence-electron chi connectivity index (χ0n) is 12.3. The van der Waals surface area contributed by atoms with Crippen molar-refractivity contribution in [2.24, 2.45) is 17.3 Å². The summed E-state index contributed by atoms with van der Waals surface area (Å²) in [4.78, 5) is 23.9. The Balaban J connectivity index is 1.94. The van der Waals surface area contributed by atoms with Gasteiger partial charge in [0, 0.05) is 13.1 Å². The lowest BCUT2D eigenvalue weighted by molar-refractivity contribution is -0.150. The Morgan fingerprint density at radius 2 is 1.85 bits per heavy atom. The summed E-state index contributed by atoms with van der Waals surface area (Å²) < 4.78 is 0. The van der Waals surface area contributed by atoms with E-state index in [2.05, 4.69) is 17.6 Å². The fourth-order valence-corrected chi connectivity index (χ4v) is 3.42. The molecular weight excluding hydrogens is 256 g/mol. The molecule has 3 N–H and O–H groups in total. The van der Waals surface area contributed by atoms with Crippen LogP contribution in [0.25, 0.3) is 0 Å². The minimum Gasteiger partial charge on any atom is -0.481 e. The lowest BCUT2D eigenvalue weighted by Crippen LogP contribution is -2.45. The van der Waals surface area contributed by atoms with Crippen LogP contribution in [0.15, 0.2) is 0 Å². The van der Waals surface area contributed by atoms with Crippen molar-refractivity contribution in [2.75, 3.05) is 19.6 Å². The second kappa shape index (κ2) is 6.57. The van der Waals surface area contributed by atoms with Crippen LogP contribution in [0.2, 0.25) is 0 Å². The first kappa shape index (κ1) is 15.3. The number of carboxylic acid groups (broad SMARTS) is 1. The molecular formula is C15H26N2O3. The third-order valence-corrected chi connectivity index (χ3v) is 4.97. The van der Waals surface area contributed by atoms with Crippen molar-refractivity contribution in [1.82, 2.24) is 10.6 Å². The number of rotatable bonds is 4. The Labute approximate surface area is 120 Å². The van der Waals surface area contributed by atoms with Crippen LogP contribution in [-0.4, -0.2) is 36.6 Å². The van der Waals surface area contributed by atoms with Crippen molar-refractivity contribution < 1.29 is 14.7 Å². The maximum absolute atomic E-state index is 12.2. The van der Waals surface area contributed by atoms with E-state index < -0.39 is 11.4 Å². The topological polar surface area (TPSA) is 78.4 Å². The zero-order chi connectivity index (χ0) is 14.6. The Hall–Kier alpha value is -1.10. The van der Waals surface area contributed by atoms with Gasteiger partial charge < -0.3 is 15.7 Å². The van der Waals surface area contributed by atoms with Gasteiger partial charge in [0.15, 0.2) is 0 Å². The van der Waals surface area contributed by atoms with E-state index in [9.17, 15) is 14.7 Å². The molecule has 0 radical (unpaired) electrons. The van der Waals surface area contributed by atoms with Crippen LogP contribution in [0.1, 0.15) is 45.4 Å². The van der Waals surface area contributed by atoms with E-state index >= 15 is 0 Å². The predicted octanol–water partition coefficient (Wildman–Crippen LogP) is 1.38. The smallest absolute Gasteiger partial charge is 0.311 e. The highest BCUT2D eigenvalue weighted by atomic mass is 16.4. The van der Waals surface area contributed by atoms with Crippen molar-refractivity contribution in [2.45, 2.75) is 45.4 Å². The minimum absolute atomic E-state index is 0.00683. The van der Waals surface area contributed by atoms with Crippen molar-refractivity contribution in [3.8, 4) is 0 Å². The molecule has 1 saturated carbocycles. The van der Waals surface area contributed by atoms with Crippen LogP contribution < -0.4 is 10.6 Å². The second-order valence-corrected chi connectivity index (χ2v) is 6.46. The number of amides is 1. The Morgan fingerprint density at radius 3 is 2.35 bits per heavy atom. The highest BCUT2D eigenvalue weighted by Gasteiger charge is 2.40. The molecule has 5 nitrogen and oxygen atoms in total. The number of hydrogen-bond donors (Lipinski definition) is 3. The van der Waals surface area contributed by atoms with E-state index in [1.807, 2.05) is 0 Å². The van der Waals surface area contributed by atoms with E-state index in [4.69, 9.17) is 0 Å². The molecule has 114 valence electrons. The average Bonchev–Trinajstić information content (AvgIpc) is 2.71. The molecule has 2 fully saturated rings. The highest BCUT2D eigenvalue weighted by molar-refractivity contribution is 5.81. The van der Waals surface area contributed by atoms with Crippen LogP contribution in [0, 0.1) is 17.3 Å². The largest absolute Gasteiger partial charge is 0.481 e. The molecule has 0 aromatic rings. The number of aliphatic carboxylic acids is 1. The number of nitrogens with one attached hydrogen (secondary N) is 2. The molecule has 1 heterocycles. The summed E-state index contributed by atoms with van der Waals surface area (Å²) in [7, 11) is 0. The lowest BCUT2D eigenvalue weighted by atomic mass is 9.80. The molecule has 2 aliphatic rings. The van der Waals surface area contributed by atoms with Gasteiger partial charge in [0.2, 0.25) is 5.91 Å². The maximum Gasteiger partial charge on any atom is 0.311 e. The lowest BCUT2D eigenvalue weighted by Gasteiger charge is -2.29. The van der Waals surface area contributed by atoms with Gasteiger partial charge in [-0.05, 0) is 25.3 Å². The average molecular weight is 282 g/mol. The number of hydrogen-bond acceptors (Lipinski definition) is 3. The third kappa shape index (κ3) is 3.32. The first-order valence-corrected chi connectivity index (χ1v) is 7.77. The fourth-order valence-electron chi connectivity index (χ4n) is 3.42. The Morgan fingerprint density at radius 1 is 1.20 bits per heavy atom. The molecule has 2 rings (SSSR count). The number of carboxylic acids is 1. The summed E-state index contributed by atoms with van der Waals surface area (Å²) in [5.41, 5.74) is -0.749. The van der Waals surface area contributed by atoms with Gasteiger partial charge in [0.25, 0.3) is 0 Å². The summed E-state index contributed by atoms with van der Waals surface area (Å²) >= 11 is 0. The molecule has 0 spiro atoms. The quantitative estimate of drug-likeness (QED) is 0.681. The number of carbonyl (C=O) groups excluding carboxylic acids is 1. The van der Waals surface area contributed by atoms with Crippen LogP contribution in [0.3, 0.4) is 0 Å². The Bertz CT molecular complexity index is 362. The van der Waals surface area contributed by atoms with Gasteiger partial charge in [-0.25, -0.2) is 0 Å². The summed E-state index contributed by atoms with van der Waals surface area (Å²) in [5.74, 6) is -0.443. The summed E-state index contributed by atoms with van der Waals surface area (Å²) in [5, 5.41) is 15.7. The second-order valence-electron chi connectivity index (χ2n) is 6.46. The van der Waals surface area contributed by atoms with Gasteiger partial charge in [-0.15, -0.1) is 0 Å². The van der Waals surface area contributed by atoms with E-state index in [1.54, 1.807) is 0 Å². The zero-order valence-corrected chi connectivity index (χ0v) is 12.3. The van der Waals surface area contributed by atoms with Crippen LogP contribution in [0.4, 0.5) is 0 Å². The summed E-state index contributed by atoms with van der Waals surface area (Å²) in [6.07, 6.45) is 5.47. The standard InChI is InChI=1S/C15H26N2O3/c1-11-8-16-9-12(11)13(18)17-10-15(14(19)20)6-4-2-3-5-7-15/h11-12,16H,2-10H2,1H3,(H,17,18)(H,19,20)/t11-,12-/m1/s1. The van der Waals surface area contributed by atoms with E-state index in [-0.39, 0.29) is 18.4 Å². The molecule has 2 atom stereocenters. The van der Waals surface area contributed by atoms with Crippen molar-refractivity contribution in [1.29, 1.82) is 0 Å². The van der Waals surface area contributed by atoms with Gasteiger partial charge >= 0.3 is 5.97 Å². The summed E-state index contributed by atoms with van der Waals surface area (Å²) in [6, 6.07) is 0. The molecule has 0 aromatic carbocycles. The molecule has 0 aromatic heterocycles. The highest BCUT2D eigenvalue weighted by Crippen LogP contribution is 2.35. The first-order chi connectivity index (χ1) is 9.55. The maximum atomic E-state index is 12.2. The van der Waals surface area contributed by atoms with Gasteiger partial charge in [0.1, 0.15) is 0 Å².